The molecule has 20 heavy (non-hydrogen) atoms. The van der Waals surface area contributed by atoms with Crippen molar-refractivity contribution in [3.8, 4) is 0 Å². The molecule has 0 saturated heterocycles. The van der Waals surface area contributed by atoms with E-state index < -0.39 is 0 Å². The highest BCUT2D eigenvalue weighted by atomic mass is 79.9. The summed E-state index contributed by atoms with van der Waals surface area (Å²) in [4.78, 5) is 12.5. The van der Waals surface area contributed by atoms with Gasteiger partial charge in [-0.2, -0.15) is 0 Å². The number of nitrogens with zero attached hydrogens (tertiary/aromatic N) is 1. The van der Waals surface area contributed by atoms with E-state index in [2.05, 4.69) is 25.8 Å². The Morgan fingerprint density at radius 3 is 2.55 bits per heavy atom. The van der Waals surface area contributed by atoms with Crippen molar-refractivity contribution < 1.29 is 4.79 Å². The van der Waals surface area contributed by atoms with E-state index in [0.717, 1.165) is 27.0 Å². The van der Waals surface area contributed by atoms with Gasteiger partial charge in [-0.3, -0.25) is 4.79 Å². The zero-order chi connectivity index (χ0) is 14.3. The second-order valence-electron chi connectivity index (χ2n) is 5.40. The van der Waals surface area contributed by atoms with Gasteiger partial charge < -0.3 is 9.88 Å². The highest BCUT2D eigenvalue weighted by Crippen LogP contribution is 2.36. The van der Waals surface area contributed by atoms with Gasteiger partial charge in [0.05, 0.1) is 0 Å². The van der Waals surface area contributed by atoms with E-state index in [1.165, 1.54) is 12.8 Å². The fourth-order valence-electron chi connectivity index (χ4n) is 2.54. The Morgan fingerprint density at radius 1 is 1.30 bits per heavy atom. The van der Waals surface area contributed by atoms with Crippen LogP contribution in [0.3, 0.4) is 0 Å². The molecule has 0 atom stereocenters. The smallest absolute Gasteiger partial charge is 0.272 e. The molecule has 1 fully saturated rings. The summed E-state index contributed by atoms with van der Waals surface area (Å²) in [5.41, 5.74) is 3.78. The van der Waals surface area contributed by atoms with Gasteiger partial charge in [0.15, 0.2) is 0 Å². The van der Waals surface area contributed by atoms with Crippen LogP contribution in [-0.2, 0) is 0 Å². The largest absolute Gasteiger partial charge is 0.340 e. The number of amides is 1. The maximum Gasteiger partial charge on any atom is 0.272 e. The fourth-order valence-corrected chi connectivity index (χ4v) is 3.23. The third kappa shape index (κ3) is 2.52. The van der Waals surface area contributed by atoms with Gasteiger partial charge in [-0.05, 0) is 62.1 Å². The van der Waals surface area contributed by atoms with Crippen molar-refractivity contribution in [1.29, 1.82) is 0 Å². The molecule has 0 aliphatic heterocycles. The summed E-state index contributed by atoms with van der Waals surface area (Å²) >= 11 is 3.47. The molecule has 1 amide bonds. The molecule has 0 spiro atoms. The Labute approximate surface area is 127 Å². The van der Waals surface area contributed by atoms with Crippen LogP contribution in [0.5, 0.6) is 0 Å². The molecule has 1 N–H and O–H groups in total. The van der Waals surface area contributed by atoms with Crippen molar-refractivity contribution in [1.82, 2.24) is 4.57 Å². The van der Waals surface area contributed by atoms with Gasteiger partial charge in [-0.25, -0.2) is 0 Å². The van der Waals surface area contributed by atoms with Crippen molar-refractivity contribution in [3.63, 3.8) is 0 Å². The average Bonchev–Trinajstić information content (AvgIpc) is 3.11. The quantitative estimate of drug-likeness (QED) is 0.884. The zero-order valence-corrected chi connectivity index (χ0v) is 13.2. The van der Waals surface area contributed by atoms with Gasteiger partial charge in [0.1, 0.15) is 5.69 Å². The molecule has 4 heteroatoms. The predicted octanol–water partition coefficient (Wildman–Crippen LogP) is 4.45. The van der Waals surface area contributed by atoms with Crippen LogP contribution in [0.2, 0.25) is 0 Å². The first-order valence-electron chi connectivity index (χ1n) is 6.81. The molecular formula is C16H17BrN2O. The normalized spacial score (nSPS) is 14.3. The molecule has 3 rings (SSSR count). The molecule has 0 bridgehead atoms. The number of aryl methyl sites for hydroxylation is 2. The molecule has 0 radical (unpaired) electrons. The van der Waals surface area contributed by atoms with Crippen LogP contribution in [0.4, 0.5) is 5.69 Å². The second kappa shape index (κ2) is 5.09. The predicted molar refractivity (Wildman–Crippen MR) is 84.3 cm³/mol. The second-order valence-corrected chi connectivity index (χ2v) is 6.32. The average molecular weight is 333 g/mol. The van der Waals surface area contributed by atoms with Crippen LogP contribution in [0, 0.1) is 13.8 Å². The van der Waals surface area contributed by atoms with E-state index in [1.54, 1.807) is 0 Å². The summed E-state index contributed by atoms with van der Waals surface area (Å²) in [5, 5.41) is 3.05. The number of nitrogens with one attached hydrogen (secondary N) is 1. The number of carbonyl (C=O) groups is 1. The molecular weight excluding hydrogens is 316 g/mol. The number of hydrogen-bond acceptors (Lipinski definition) is 1. The third-order valence-corrected chi connectivity index (χ3v) is 4.15. The molecule has 1 aliphatic carbocycles. The third-order valence-electron chi connectivity index (χ3n) is 3.69. The Hall–Kier alpha value is -1.55. The maximum atomic E-state index is 12.5. The van der Waals surface area contributed by atoms with Crippen LogP contribution < -0.4 is 5.32 Å². The van der Waals surface area contributed by atoms with Crippen LogP contribution in [0.1, 0.15) is 40.5 Å². The topological polar surface area (TPSA) is 34.0 Å². The van der Waals surface area contributed by atoms with Gasteiger partial charge in [0.2, 0.25) is 0 Å². The van der Waals surface area contributed by atoms with Crippen LogP contribution >= 0.6 is 15.9 Å². The maximum absolute atomic E-state index is 12.5. The van der Waals surface area contributed by atoms with E-state index in [0.29, 0.717) is 6.04 Å². The van der Waals surface area contributed by atoms with Crippen LogP contribution in [-0.4, -0.2) is 10.5 Å². The van der Waals surface area contributed by atoms with E-state index in [4.69, 9.17) is 0 Å². The molecule has 1 aromatic carbocycles. The first kappa shape index (κ1) is 13.4. The number of carbonyl (C=O) groups excluding carboxylic acids is 1. The fraction of sp³-hybridized carbons (Fsp3) is 0.312. The van der Waals surface area contributed by atoms with Crippen molar-refractivity contribution in [2.24, 2.45) is 0 Å². The summed E-state index contributed by atoms with van der Waals surface area (Å²) in [6.07, 6.45) is 4.34. The summed E-state index contributed by atoms with van der Waals surface area (Å²) in [6.45, 7) is 4.01. The van der Waals surface area contributed by atoms with Gasteiger partial charge >= 0.3 is 0 Å². The minimum absolute atomic E-state index is 0.0320. The highest BCUT2D eigenvalue weighted by Gasteiger charge is 2.26. The van der Waals surface area contributed by atoms with E-state index in [9.17, 15) is 4.79 Å². The van der Waals surface area contributed by atoms with Gasteiger partial charge in [0, 0.05) is 22.4 Å². The first-order chi connectivity index (χ1) is 9.56. The van der Waals surface area contributed by atoms with Gasteiger partial charge in [-0.15, -0.1) is 0 Å². The van der Waals surface area contributed by atoms with Crippen molar-refractivity contribution >= 4 is 27.5 Å². The highest BCUT2D eigenvalue weighted by molar-refractivity contribution is 9.10. The Kier molecular flexibility index (Phi) is 3.42. The monoisotopic (exact) mass is 332 g/mol. The lowest BCUT2D eigenvalue weighted by Crippen LogP contribution is -2.17. The molecule has 1 aromatic heterocycles. The first-order valence-corrected chi connectivity index (χ1v) is 7.60. The van der Waals surface area contributed by atoms with Crippen molar-refractivity contribution in [3.05, 3.63) is 51.8 Å². The molecule has 104 valence electrons. The number of aromatic nitrogens is 1. The molecule has 1 aliphatic rings. The zero-order valence-electron chi connectivity index (χ0n) is 11.6. The summed E-state index contributed by atoms with van der Waals surface area (Å²) in [6, 6.07) is 8.37. The number of rotatable bonds is 3. The lowest BCUT2D eigenvalue weighted by molar-refractivity contribution is 0.101. The standard InChI is InChI=1S/C16H17BrN2O/c1-10-8-12(17)9-11(2)15(10)18-16(20)14-4-3-7-19(14)13-5-6-13/h3-4,7-9,13H,5-6H2,1-2H3,(H,18,20). The van der Waals surface area contributed by atoms with Crippen LogP contribution in [0.25, 0.3) is 0 Å². The molecule has 3 nitrogen and oxygen atoms in total. The van der Waals surface area contributed by atoms with Gasteiger partial charge in [0.25, 0.3) is 5.91 Å². The van der Waals surface area contributed by atoms with Crippen molar-refractivity contribution in [2.45, 2.75) is 32.7 Å². The number of benzene rings is 1. The SMILES string of the molecule is Cc1cc(Br)cc(C)c1NC(=O)c1cccn1C1CC1. The van der Waals surface area contributed by atoms with Crippen molar-refractivity contribution in [2.75, 3.05) is 5.32 Å². The lowest BCUT2D eigenvalue weighted by Gasteiger charge is -2.13. The summed E-state index contributed by atoms with van der Waals surface area (Å²) in [5.74, 6) is -0.0320. The van der Waals surface area contributed by atoms with Crippen LogP contribution in [0.15, 0.2) is 34.9 Å². The van der Waals surface area contributed by atoms with E-state index in [1.807, 2.05) is 44.3 Å². The molecule has 1 heterocycles. The van der Waals surface area contributed by atoms with E-state index in [-0.39, 0.29) is 5.91 Å². The summed E-state index contributed by atoms with van der Waals surface area (Å²) < 4.78 is 3.12. The molecule has 0 unspecified atom stereocenters. The lowest BCUT2D eigenvalue weighted by atomic mass is 10.1. The number of halogens is 1. The minimum atomic E-state index is -0.0320. The Morgan fingerprint density at radius 2 is 1.95 bits per heavy atom. The van der Waals surface area contributed by atoms with E-state index >= 15 is 0 Å². The minimum Gasteiger partial charge on any atom is -0.340 e. The number of anilines is 1. The number of hydrogen-bond donors (Lipinski definition) is 1. The molecule has 2 aromatic rings. The summed E-state index contributed by atoms with van der Waals surface area (Å²) in [7, 11) is 0. The van der Waals surface area contributed by atoms with Gasteiger partial charge in [-0.1, -0.05) is 15.9 Å². The Bertz CT molecular complexity index is 648. The molecule has 1 saturated carbocycles. The Balaban J connectivity index is 1.87.